The minimum Gasteiger partial charge on any atom is -0.370 e. The summed E-state index contributed by atoms with van der Waals surface area (Å²) in [7, 11) is 0. The molecule has 5 heteroatoms. The fraction of sp³-hybridized carbons (Fsp3) is 0.368. The van der Waals surface area contributed by atoms with Gasteiger partial charge in [0.25, 0.3) is 0 Å². The second kappa shape index (κ2) is 8.34. The number of aromatic amines is 1. The normalized spacial score (nSPS) is 10.9. The monoisotopic (exact) mass is 323 g/mol. The summed E-state index contributed by atoms with van der Waals surface area (Å²) < 4.78 is 0. The van der Waals surface area contributed by atoms with Crippen molar-refractivity contribution in [1.82, 2.24) is 15.0 Å². The molecule has 1 aromatic carbocycles. The first kappa shape index (κ1) is 16.3. The lowest BCUT2D eigenvalue weighted by molar-refractivity contribution is 0.742. The molecule has 3 N–H and O–H groups in total. The molecule has 0 aliphatic carbocycles. The van der Waals surface area contributed by atoms with E-state index in [1.165, 1.54) is 35.7 Å². The predicted molar refractivity (Wildman–Crippen MR) is 101 cm³/mol. The molecule has 0 aliphatic heterocycles. The number of hydrogen-bond donors (Lipinski definition) is 3. The van der Waals surface area contributed by atoms with Crippen molar-refractivity contribution >= 4 is 22.5 Å². The molecule has 0 fully saturated rings. The van der Waals surface area contributed by atoms with E-state index in [1.54, 1.807) is 6.33 Å². The van der Waals surface area contributed by atoms with E-state index in [-0.39, 0.29) is 0 Å². The largest absolute Gasteiger partial charge is 0.370 e. The van der Waals surface area contributed by atoms with Gasteiger partial charge in [0.2, 0.25) is 0 Å². The minimum atomic E-state index is 0.841. The Kier molecular flexibility index (Phi) is 5.66. The lowest BCUT2D eigenvalue weighted by atomic mass is 10.1. The standard InChI is InChI=1S/C19H25N5/c1-2-3-6-10-20-18-12-19(24-14-23-18)21-11-9-15-13-22-17-8-5-4-7-16(15)17/h4-5,7-8,12-14,22H,2-3,6,9-11H2,1H3,(H2,20,21,23,24). The van der Waals surface area contributed by atoms with Gasteiger partial charge in [0.05, 0.1) is 0 Å². The molecule has 24 heavy (non-hydrogen) atoms. The molecule has 2 aromatic heterocycles. The van der Waals surface area contributed by atoms with E-state index in [9.17, 15) is 0 Å². The van der Waals surface area contributed by atoms with Gasteiger partial charge in [-0.05, 0) is 24.5 Å². The van der Waals surface area contributed by atoms with Gasteiger partial charge in [-0.1, -0.05) is 38.0 Å². The van der Waals surface area contributed by atoms with Crippen LogP contribution in [0.25, 0.3) is 10.9 Å². The van der Waals surface area contributed by atoms with Gasteiger partial charge in [-0.3, -0.25) is 0 Å². The van der Waals surface area contributed by atoms with Crippen LogP contribution < -0.4 is 10.6 Å². The number of fused-ring (bicyclic) bond motifs is 1. The molecule has 0 aliphatic rings. The zero-order chi connectivity index (χ0) is 16.6. The summed E-state index contributed by atoms with van der Waals surface area (Å²) in [6.45, 7) is 4.01. The van der Waals surface area contributed by atoms with Crippen molar-refractivity contribution in [2.75, 3.05) is 23.7 Å². The number of nitrogens with one attached hydrogen (secondary N) is 3. The second-order valence-corrected chi connectivity index (χ2v) is 5.96. The number of anilines is 2. The highest BCUT2D eigenvalue weighted by atomic mass is 15.1. The Morgan fingerprint density at radius 1 is 1.00 bits per heavy atom. The Morgan fingerprint density at radius 2 is 1.79 bits per heavy atom. The molecule has 0 atom stereocenters. The fourth-order valence-corrected chi connectivity index (χ4v) is 2.81. The van der Waals surface area contributed by atoms with Crippen LogP contribution >= 0.6 is 0 Å². The van der Waals surface area contributed by atoms with Gasteiger partial charge >= 0.3 is 0 Å². The molecule has 2 heterocycles. The third kappa shape index (κ3) is 4.25. The SMILES string of the molecule is CCCCCNc1cc(NCCc2c[nH]c3ccccc23)ncn1. The van der Waals surface area contributed by atoms with Gasteiger partial charge < -0.3 is 15.6 Å². The van der Waals surface area contributed by atoms with Crippen molar-refractivity contribution in [3.63, 3.8) is 0 Å². The van der Waals surface area contributed by atoms with Gasteiger partial charge in [-0.2, -0.15) is 0 Å². The summed E-state index contributed by atoms with van der Waals surface area (Å²) >= 11 is 0. The molecule has 0 saturated carbocycles. The maximum atomic E-state index is 4.29. The Morgan fingerprint density at radius 3 is 2.62 bits per heavy atom. The van der Waals surface area contributed by atoms with Gasteiger partial charge in [-0.15, -0.1) is 0 Å². The van der Waals surface area contributed by atoms with E-state index in [1.807, 2.05) is 6.07 Å². The summed E-state index contributed by atoms with van der Waals surface area (Å²) in [5.74, 6) is 1.75. The van der Waals surface area contributed by atoms with Crippen molar-refractivity contribution in [2.45, 2.75) is 32.6 Å². The maximum Gasteiger partial charge on any atom is 0.131 e. The van der Waals surface area contributed by atoms with E-state index in [0.29, 0.717) is 0 Å². The molecule has 0 unspecified atom stereocenters. The fourth-order valence-electron chi connectivity index (χ4n) is 2.81. The van der Waals surface area contributed by atoms with Gasteiger partial charge in [-0.25, -0.2) is 9.97 Å². The van der Waals surface area contributed by atoms with Crippen LogP contribution in [0.1, 0.15) is 31.7 Å². The smallest absolute Gasteiger partial charge is 0.131 e. The molecule has 0 radical (unpaired) electrons. The molecule has 3 aromatic rings. The summed E-state index contributed by atoms with van der Waals surface area (Å²) in [6.07, 6.45) is 8.29. The van der Waals surface area contributed by atoms with Crippen LogP contribution in [0.4, 0.5) is 11.6 Å². The van der Waals surface area contributed by atoms with E-state index < -0.39 is 0 Å². The van der Waals surface area contributed by atoms with Crippen LogP contribution in [-0.2, 0) is 6.42 Å². The molecular weight excluding hydrogens is 298 g/mol. The number of benzene rings is 1. The van der Waals surface area contributed by atoms with E-state index in [0.717, 1.165) is 31.1 Å². The summed E-state index contributed by atoms with van der Waals surface area (Å²) in [4.78, 5) is 11.9. The highest BCUT2D eigenvalue weighted by molar-refractivity contribution is 5.83. The number of hydrogen-bond acceptors (Lipinski definition) is 4. The number of para-hydroxylation sites is 1. The zero-order valence-electron chi connectivity index (χ0n) is 14.2. The quantitative estimate of drug-likeness (QED) is 0.516. The number of rotatable bonds is 9. The lowest BCUT2D eigenvalue weighted by Gasteiger charge is -2.08. The van der Waals surface area contributed by atoms with Crippen LogP contribution in [0, 0.1) is 0 Å². The highest BCUT2D eigenvalue weighted by Crippen LogP contribution is 2.18. The predicted octanol–water partition coefficient (Wildman–Crippen LogP) is 4.21. The van der Waals surface area contributed by atoms with Crippen LogP contribution in [0.5, 0.6) is 0 Å². The van der Waals surface area contributed by atoms with E-state index in [2.05, 4.69) is 63.0 Å². The van der Waals surface area contributed by atoms with Gasteiger partial charge in [0, 0.05) is 36.3 Å². The number of aromatic nitrogens is 3. The molecule has 0 spiro atoms. The van der Waals surface area contributed by atoms with Crippen LogP contribution in [0.3, 0.4) is 0 Å². The molecule has 0 bridgehead atoms. The molecular formula is C19H25N5. The van der Waals surface area contributed by atoms with Crippen molar-refractivity contribution in [2.24, 2.45) is 0 Å². The van der Waals surface area contributed by atoms with Crippen molar-refractivity contribution in [1.29, 1.82) is 0 Å². The molecule has 126 valence electrons. The molecule has 0 amide bonds. The highest BCUT2D eigenvalue weighted by Gasteiger charge is 2.03. The minimum absolute atomic E-state index is 0.841. The first-order valence-corrected chi connectivity index (χ1v) is 8.71. The number of unbranched alkanes of at least 4 members (excludes halogenated alkanes) is 2. The van der Waals surface area contributed by atoms with Gasteiger partial charge in [0.1, 0.15) is 18.0 Å². The van der Waals surface area contributed by atoms with E-state index >= 15 is 0 Å². The average Bonchev–Trinajstić information content (AvgIpc) is 3.03. The van der Waals surface area contributed by atoms with Crippen LogP contribution in [0.15, 0.2) is 42.9 Å². The van der Waals surface area contributed by atoms with Crippen molar-refractivity contribution < 1.29 is 0 Å². The van der Waals surface area contributed by atoms with Crippen LogP contribution in [-0.4, -0.2) is 28.0 Å². The third-order valence-corrected chi connectivity index (χ3v) is 4.13. The average molecular weight is 323 g/mol. The summed E-state index contributed by atoms with van der Waals surface area (Å²) in [5, 5.41) is 8.03. The van der Waals surface area contributed by atoms with Gasteiger partial charge in [0.15, 0.2) is 0 Å². The number of nitrogens with zero attached hydrogens (tertiary/aromatic N) is 2. The molecule has 0 saturated heterocycles. The second-order valence-electron chi connectivity index (χ2n) is 5.96. The summed E-state index contributed by atoms with van der Waals surface area (Å²) in [6, 6.07) is 10.4. The zero-order valence-corrected chi connectivity index (χ0v) is 14.2. The Balaban J connectivity index is 1.51. The first-order valence-electron chi connectivity index (χ1n) is 8.71. The topological polar surface area (TPSA) is 65.6 Å². The van der Waals surface area contributed by atoms with E-state index in [4.69, 9.17) is 0 Å². The third-order valence-electron chi connectivity index (χ3n) is 4.13. The Hall–Kier alpha value is -2.56. The van der Waals surface area contributed by atoms with Crippen LogP contribution in [0.2, 0.25) is 0 Å². The Labute approximate surface area is 142 Å². The summed E-state index contributed by atoms with van der Waals surface area (Å²) in [5.41, 5.74) is 2.51. The Bertz CT molecular complexity index is 765. The molecule has 3 rings (SSSR count). The lowest BCUT2D eigenvalue weighted by Crippen LogP contribution is -2.08. The maximum absolute atomic E-state index is 4.29. The molecule has 5 nitrogen and oxygen atoms in total. The first-order chi connectivity index (χ1) is 11.9. The number of H-pyrrole nitrogens is 1. The van der Waals surface area contributed by atoms with Crippen molar-refractivity contribution in [3.05, 3.63) is 48.4 Å². The van der Waals surface area contributed by atoms with Crippen molar-refractivity contribution in [3.8, 4) is 0 Å².